The van der Waals surface area contributed by atoms with Crippen molar-refractivity contribution in [1.82, 2.24) is 26.6 Å². The molecule has 0 radical (unpaired) electrons. The summed E-state index contributed by atoms with van der Waals surface area (Å²) in [5.41, 5.74) is 0.822. The van der Waals surface area contributed by atoms with E-state index < -0.39 is 59.7 Å². The molecule has 0 aliphatic carbocycles. The predicted octanol–water partition coefficient (Wildman–Crippen LogP) is 1.04. The van der Waals surface area contributed by atoms with Gasteiger partial charge in [0.05, 0.1) is 0 Å². The van der Waals surface area contributed by atoms with Crippen molar-refractivity contribution in [3.63, 3.8) is 0 Å². The molecule has 1 aliphatic heterocycles. The summed E-state index contributed by atoms with van der Waals surface area (Å²) in [4.78, 5) is 66.5. The fourth-order valence-corrected chi connectivity index (χ4v) is 4.29. The van der Waals surface area contributed by atoms with Gasteiger partial charge in [-0.15, -0.1) is 0 Å². The summed E-state index contributed by atoms with van der Waals surface area (Å²) < 4.78 is 0. The number of benzene rings is 1. The maximum absolute atomic E-state index is 13.5. The molecule has 2 rings (SSSR count). The van der Waals surface area contributed by atoms with E-state index in [1.165, 1.54) is 0 Å². The van der Waals surface area contributed by atoms with Crippen molar-refractivity contribution in [3.05, 3.63) is 35.9 Å². The molecule has 1 heterocycles. The first-order chi connectivity index (χ1) is 17.8. The third kappa shape index (κ3) is 8.29. The summed E-state index contributed by atoms with van der Waals surface area (Å²) in [7, 11) is 0. The average Bonchev–Trinajstić information content (AvgIpc) is 2.85. The smallest absolute Gasteiger partial charge is 0.243 e. The Hall–Kier alpha value is -3.43. The van der Waals surface area contributed by atoms with Gasteiger partial charge in [-0.1, -0.05) is 78.8 Å². The van der Waals surface area contributed by atoms with Crippen LogP contribution in [0, 0.1) is 17.8 Å². The van der Waals surface area contributed by atoms with E-state index >= 15 is 0 Å². The Kier molecular flexibility index (Phi) is 11.3. The van der Waals surface area contributed by atoms with Crippen LogP contribution in [0.2, 0.25) is 0 Å². The summed E-state index contributed by atoms with van der Waals surface area (Å²) in [5.74, 6) is -3.46. The number of hydrogen-bond donors (Lipinski definition) is 5. The fraction of sp³-hybridized carbons (Fsp3) is 0.607. The van der Waals surface area contributed by atoms with E-state index in [4.69, 9.17) is 0 Å². The Bertz CT molecular complexity index is 995. The highest BCUT2D eigenvalue weighted by Gasteiger charge is 2.36. The van der Waals surface area contributed by atoms with Gasteiger partial charge < -0.3 is 26.6 Å². The van der Waals surface area contributed by atoms with Crippen LogP contribution in [-0.2, 0) is 30.4 Å². The zero-order valence-corrected chi connectivity index (χ0v) is 23.5. The number of hydrogen-bond acceptors (Lipinski definition) is 5. The van der Waals surface area contributed by atoms with Crippen LogP contribution >= 0.6 is 0 Å². The normalized spacial score (nSPS) is 26.2. The summed E-state index contributed by atoms with van der Waals surface area (Å²) in [6.07, 6.45) is 0.476. The van der Waals surface area contributed by atoms with Crippen LogP contribution in [-0.4, -0.2) is 59.7 Å². The molecule has 1 aliphatic rings. The number of carbonyl (C=O) groups excluding carboxylic acids is 5. The van der Waals surface area contributed by atoms with Crippen molar-refractivity contribution in [2.45, 2.75) is 91.5 Å². The van der Waals surface area contributed by atoms with Crippen molar-refractivity contribution in [1.29, 1.82) is 0 Å². The molecule has 210 valence electrons. The molecular formula is C28H43N5O5. The first-order valence-corrected chi connectivity index (χ1v) is 13.4. The fourth-order valence-electron chi connectivity index (χ4n) is 4.29. The predicted molar refractivity (Wildman–Crippen MR) is 145 cm³/mol. The zero-order valence-electron chi connectivity index (χ0n) is 23.5. The number of nitrogens with one attached hydrogen (secondary N) is 5. The van der Waals surface area contributed by atoms with E-state index in [0.717, 1.165) is 5.56 Å². The Morgan fingerprint density at radius 3 is 1.34 bits per heavy atom. The minimum atomic E-state index is -0.996. The monoisotopic (exact) mass is 529 g/mol. The molecule has 0 unspecified atom stereocenters. The Labute approximate surface area is 225 Å². The SMILES string of the molecule is CC[C@H]1NC(=O)[C@H](C(C)C)NC(=O)[C@H](C(C)C)NC(=O)[C@H](Cc2ccccc2)NC(=O)[C@H](C(C)C)NC1=O. The van der Waals surface area contributed by atoms with Gasteiger partial charge in [0.1, 0.15) is 30.2 Å². The second-order valence-corrected chi connectivity index (χ2v) is 10.9. The molecular weight excluding hydrogens is 486 g/mol. The lowest BCUT2D eigenvalue weighted by Gasteiger charge is -2.29. The van der Waals surface area contributed by atoms with E-state index in [0.29, 0.717) is 0 Å². The number of amides is 5. The molecule has 5 N–H and O–H groups in total. The zero-order chi connectivity index (χ0) is 28.6. The van der Waals surface area contributed by atoms with Gasteiger partial charge in [0.15, 0.2) is 0 Å². The van der Waals surface area contributed by atoms with Crippen LogP contribution in [0.3, 0.4) is 0 Å². The maximum atomic E-state index is 13.5. The Morgan fingerprint density at radius 1 is 0.553 bits per heavy atom. The van der Waals surface area contributed by atoms with Crippen molar-refractivity contribution < 1.29 is 24.0 Å². The molecule has 5 atom stereocenters. The Morgan fingerprint density at radius 2 is 0.921 bits per heavy atom. The molecule has 10 nitrogen and oxygen atoms in total. The van der Waals surface area contributed by atoms with Crippen LogP contribution in [0.15, 0.2) is 30.3 Å². The largest absolute Gasteiger partial charge is 0.343 e. The second-order valence-electron chi connectivity index (χ2n) is 10.9. The van der Waals surface area contributed by atoms with Crippen molar-refractivity contribution in [2.24, 2.45) is 17.8 Å². The van der Waals surface area contributed by atoms with E-state index in [1.807, 2.05) is 30.3 Å². The third-order valence-corrected chi connectivity index (χ3v) is 6.70. The van der Waals surface area contributed by atoms with Gasteiger partial charge in [-0.2, -0.15) is 0 Å². The first kappa shape index (κ1) is 30.8. The van der Waals surface area contributed by atoms with E-state index in [9.17, 15) is 24.0 Å². The van der Waals surface area contributed by atoms with Crippen LogP contribution in [0.4, 0.5) is 0 Å². The molecule has 1 aromatic carbocycles. The molecule has 5 amide bonds. The topological polar surface area (TPSA) is 146 Å². The van der Waals surface area contributed by atoms with Gasteiger partial charge in [0, 0.05) is 6.42 Å². The molecule has 10 heteroatoms. The molecule has 0 saturated carbocycles. The van der Waals surface area contributed by atoms with Gasteiger partial charge in [-0.25, -0.2) is 0 Å². The lowest BCUT2D eigenvalue weighted by Crippen LogP contribution is -2.60. The van der Waals surface area contributed by atoms with E-state index in [2.05, 4.69) is 26.6 Å². The molecule has 1 aromatic rings. The average molecular weight is 530 g/mol. The lowest BCUT2D eigenvalue weighted by atomic mass is 9.98. The van der Waals surface area contributed by atoms with Gasteiger partial charge >= 0.3 is 0 Å². The number of carbonyl (C=O) groups is 5. The van der Waals surface area contributed by atoms with Gasteiger partial charge in [-0.3, -0.25) is 24.0 Å². The maximum Gasteiger partial charge on any atom is 0.243 e. The van der Waals surface area contributed by atoms with Crippen molar-refractivity contribution in [3.8, 4) is 0 Å². The summed E-state index contributed by atoms with van der Waals surface area (Å²) in [6.45, 7) is 12.5. The number of rotatable bonds is 6. The second kappa shape index (κ2) is 13.9. The molecule has 1 saturated heterocycles. The molecule has 0 bridgehead atoms. The van der Waals surface area contributed by atoms with Crippen LogP contribution in [0.5, 0.6) is 0 Å². The Balaban J connectivity index is 2.54. The molecule has 38 heavy (non-hydrogen) atoms. The molecule has 0 spiro atoms. The van der Waals surface area contributed by atoms with Gasteiger partial charge in [0.25, 0.3) is 0 Å². The highest BCUT2D eigenvalue weighted by molar-refractivity contribution is 5.98. The quantitative estimate of drug-likeness (QED) is 0.374. The summed E-state index contributed by atoms with van der Waals surface area (Å²) in [5, 5.41) is 13.8. The van der Waals surface area contributed by atoms with Gasteiger partial charge in [-0.05, 0) is 29.7 Å². The van der Waals surface area contributed by atoms with E-state index in [1.54, 1.807) is 48.5 Å². The van der Waals surface area contributed by atoms with Crippen molar-refractivity contribution >= 4 is 29.5 Å². The highest BCUT2D eigenvalue weighted by Crippen LogP contribution is 2.12. The third-order valence-electron chi connectivity index (χ3n) is 6.70. The standard InChI is InChI=1S/C28H43N5O5/c1-8-19-24(34)31-21(15(2)3)27(37)30-20(14-18-12-10-9-11-13-18)25(35)32-23(17(6)7)28(38)33-22(16(4)5)26(36)29-19/h9-13,15-17,19-23H,8,14H2,1-7H3,(H,29,36)(H,30,37)(H,31,34)(H,32,35)(H,33,38)/t19-,20+,21+,22+,23+/m1/s1. The minimum absolute atomic E-state index is 0.190. The van der Waals surface area contributed by atoms with Crippen LogP contribution < -0.4 is 26.6 Å². The molecule has 1 fully saturated rings. The van der Waals surface area contributed by atoms with Crippen LogP contribution in [0.25, 0.3) is 0 Å². The summed E-state index contributed by atoms with van der Waals surface area (Å²) >= 11 is 0. The summed E-state index contributed by atoms with van der Waals surface area (Å²) in [6, 6.07) is 4.52. The minimum Gasteiger partial charge on any atom is -0.343 e. The van der Waals surface area contributed by atoms with Crippen molar-refractivity contribution in [2.75, 3.05) is 0 Å². The first-order valence-electron chi connectivity index (χ1n) is 13.4. The van der Waals surface area contributed by atoms with E-state index in [-0.39, 0.29) is 30.6 Å². The lowest BCUT2D eigenvalue weighted by molar-refractivity contribution is -0.135. The van der Waals surface area contributed by atoms with Crippen LogP contribution in [0.1, 0.15) is 60.5 Å². The van der Waals surface area contributed by atoms with Gasteiger partial charge in [0.2, 0.25) is 29.5 Å². The highest BCUT2D eigenvalue weighted by atomic mass is 16.2. The molecule has 0 aromatic heterocycles.